The van der Waals surface area contributed by atoms with Crippen LogP contribution in [0.15, 0.2) is 0 Å². The van der Waals surface area contributed by atoms with E-state index in [-0.39, 0.29) is 11.5 Å². The molecule has 0 heterocycles. The van der Waals surface area contributed by atoms with Crippen LogP contribution >= 0.6 is 0 Å². The Labute approximate surface area is 92.4 Å². The van der Waals surface area contributed by atoms with Gasteiger partial charge in [0.2, 0.25) is 0 Å². The molecule has 0 saturated heterocycles. The van der Waals surface area contributed by atoms with Gasteiger partial charge in [0.1, 0.15) is 6.04 Å². The van der Waals surface area contributed by atoms with Crippen molar-refractivity contribution in [3.63, 3.8) is 0 Å². The zero-order valence-corrected chi connectivity index (χ0v) is 10.4. The number of nitrogens with two attached hydrogens (primary N) is 1. The monoisotopic (exact) mass is 216 g/mol. The summed E-state index contributed by atoms with van der Waals surface area (Å²) in [7, 11) is 1.85. The highest BCUT2D eigenvalue weighted by atomic mass is 16.4. The number of carboxylic acids is 1. The number of nitrogens with zero attached hydrogens (tertiary/aromatic N) is 1. The summed E-state index contributed by atoms with van der Waals surface area (Å²) in [6.07, 6.45) is 0.492. The number of hydrogen-bond donors (Lipinski definition) is 2. The molecule has 0 aromatic rings. The van der Waals surface area contributed by atoms with Crippen LogP contribution in [0.2, 0.25) is 0 Å². The summed E-state index contributed by atoms with van der Waals surface area (Å²) < 4.78 is 0. The fraction of sp³-hybridized carbons (Fsp3) is 0.909. The molecule has 0 amide bonds. The van der Waals surface area contributed by atoms with E-state index in [0.717, 1.165) is 0 Å². The second kappa shape index (κ2) is 5.47. The minimum Gasteiger partial charge on any atom is -0.480 e. The van der Waals surface area contributed by atoms with Crippen LogP contribution < -0.4 is 5.73 Å². The minimum absolute atomic E-state index is 0.0665. The highest BCUT2D eigenvalue weighted by Gasteiger charge is 2.31. The van der Waals surface area contributed by atoms with E-state index < -0.39 is 12.0 Å². The lowest BCUT2D eigenvalue weighted by Crippen LogP contribution is -2.49. The van der Waals surface area contributed by atoms with E-state index in [4.69, 9.17) is 10.8 Å². The van der Waals surface area contributed by atoms with Gasteiger partial charge >= 0.3 is 5.97 Å². The summed E-state index contributed by atoms with van der Waals surface area (Å²) in [6.45, 7) is 8.77. The number of carboxylic acid groups (broad SMARTS) is 1. The Morgan fingerprint density at radius 3 is 2.20 bits per heavy atom. The first-order valence-corrected chi connectivity index (χ1v) is 5.36. The van der Waals surface area contributed by atoms with Crippen molar-refractivity contribution in [3.05, 3.63) is 0 Å². The SMILES string of the molecule is CC(N(C)C(CCN)C(=O)O)C(C)(C)C. The van der Waals surface area contributed by atoms with Crippen LogP contribution in [0.5, 0.6) is 0 Å². The van der Waals surface area contributed by atoms with Gasteiger partial charge in [-0.1, -0.05) is 20.8 Å². The van der Waals surface area contributed by atoms with Gasteiger partial charge in [-0.3, -0.25) is 9.69 Å². The smallest absolute Gasteiger partial charge is 0.320 e. The van der Waals surface area contributed by atoms with Crippen molar-refractivity contribution in [1.82, 2.24) is 4.90 Å². The number of carbonyl (C=O) groups is 1. The minimum atomic E-state index is -0.793. The second-order valence-corrected chi connectivity index (χ2v) is 5.14. The van der Waals surface area contributed by atoms with Crippen molar-refractivity contribution in [2.24, 2.45) is 11.1 Å². The van der Waals surface area contributed by atoms with Crippen LogP contribution in [0.25, 0.3) is 0 Å². The van der Waals surface area contributed by atoms with Gasteiger partial charge in [-0.05, 0) is 32.4 Å². The lowest BCUT2D eigenvalue weighted by Gasteiger charge is -2.38. The van der Waals surface area contributed by atoms with Crippen LogP contribution in [0.4, 0.5) is 0 Å². The van der Waals surface area contributed by atoms with Crippen LogP contribution in [-0.2, 0) is 4.79 Å². The number of likely N-dealkylation sites (N-methyl/N-ethyl adjacent to an activating group) is 1. The maximum Gasteiger partial charge on any atom is 0.320 e. The van der Waals surface area contributed by atoms with Crippen molar-refractivity contribution in [3.8, 4) is 0 Å². The molecule has 2 atom stereocenters. The first-order valence-electron chi connectivity index (χ1n) is 5.36. The van der Waals surface area contributed by atoms with Crippen LogP contribution in [0, 0.1) is 5.41 Å². The summed E-state index contributed by atoms with van der Waals surface area (Å²) >= 11 is 0. The van der Waals surface area contributed by atoms with Crippen molar-refractivity contribution >= 4 is 5.97 Å². The van der Waals surface area contributed by atoms with E-state index in [1.54, 1.807) is 0 Å². The van der Waals surface area contributed by atoms with Crippen LogP contribution in [0.3, 0.4) is 0 Å². The average molecular weight is 216 g/mol. The van der Waals surface area contributed by atoms with Gasteiger partial charge in [0, 0.05) is 6.04 Å². The fourth-order valence-corrected chi connectivity index (χ4v) is 1.54. The molecule has 3 N–H and O–H groups in total. The summed E-state index contributed by atoms with van der Waals surface area (Å²) in [6, 6.07) is -0.283. The molecule has 2 unspecified atom stereocenters. The molecule has 15 heavy (non-hydrogen) atoms. The molecule has 0 aliphatic carbocycles. The van der Waals surface area contributed by atoms with Gasteiger partial charge in [-0.25, -0.2) is 0 Å². The van der Waals surface area contributed by atoms with E-state index in [1.807, 2.05) is 18.9 Å². The lowest BCUT2D eigenvalue weighted by molar-refractivity contribution is -0.144. The topological polar surface area (TPSA) is 66.6 Å². The standard InChI is InChI=1S/C11H24N2O2/c1-8(11(2,3)4)13(5)9(6-7-12)10(14)15/h8-9H,6-7,12H2,1-5H3,(H,14,15). The molecule has 4 heteroatoms. The Balaban J connectivity index is 4.63. The maximum atomic E-state index is 11.1. The first-order chi connectivity index (χ1) is 6.71. The molecular formula is C11H24N2O2. The summed E-state index contributed by atoms with van der Waals surface area (Å²) in [5.41, 5.74) is 5.49. The molecule has 0 aromatic carbocycles. The number of rotatable bonds is 5. The Kier molecular flexibility index (Phi) is 5.24. The van der Waals surface area contributed by atoms with Crippen molar-refractivity contribution < 1.29 is 9.90 Å². The fourth-order valence-electron chi connectivity index (χ4n) is 1.54. The Morgan fingerprint density at radius 2 is 1.93 bits per heavy atom. The van der Waals surface area contributed by atoms with Gasteiger partial charge in [0.15, 0.2) is 0 Å². The highest BCUT2D eigenvalue weighted by molar-refractivity contribution is 5.73. The van der Waals surface area contributed by atoms with Crippen LogP contribution in [0.1, 0.15) is 34.1 Å². The van der Waals surface area contributed by atoms with E-state index in [1.165, 1.54) is 0 Å². The summed E-state index contributed by atoms with van der Waals surface area (Å²) in [4.78, 5) is 13.0. The summed E-state index contributed by atoms with van der Waals surface area (Å²) in [5, 5.41) is 9.09. The predicted molar refractivity (Wildman–Crippen MR) is 61.8 cm³/mol. The molecule has 0 radical (unpaired) electrons. The van der Waals surface area contributed by atoms with Crippen LogP contribution in [-0.4, -0.2) is 41.7 Å². The third-order valence-corrected chi connectivity index (χ3v) is 3.08. The second-order valence-electron chi connectivity index (χ2n) is 5.14. The highest BCUT2D eigenvalue weighted by Crippen LogP contribution is 2.25. The Hall–Kier alpha value is -0.610. The molecular weight excluding hydrogens is 192 g/mol. The van der Waals surface area contributed by atoms with E-state index in [2.05, 4.69) is 20.8 Å². The quantitative estimate of drug-likeness (QED) is 0.723. The normalized spacial score (nSPS) is 16.5. The average Bonchev–Trinajstić information content (AvgIpc) is 2.09. The van der Waals surface area contributed by atoms with Gasteiger partial charge in [0.05, 0.1) is 0 Å². The van der Waals surface area contributed by atoms with Crippen molar-refractivity contribution in [2.75, 3.05) is 13.6 Å². The Bertz CT molecular complexity index is 211. The van der Waals surface area contributed by atoms with Gasteiger partial charge in [0.25, 0.3) is 0 Å². The zero-order valence-electron chi connectivity index (χ0n) is 10.4. The molecule has 0 aromatic heterocycles. The molecule has 0 rings (SSSR count). The molecule has 0 aliphatic heterocycles. The van der Waals surface area contributed by atoms with Gasteiger partial charge < -0.3 is 10.8 Å². The molecule has 0 spiro atoms. The maximum absolute atomic E-state index is 11.1. The van der Waals surface area contributed by atoms with E-state index in [0.29, 0.717) is 13.0 Å². The lowest BCUT2D eigenvalue weighted by atomic mass is 9.86. The molecule has 90 valence electrons. The molecule has 0 aliphatic rings. The predicted octanol–water partition coefficient (Wildman–Crippen LogP) is 1.15. The van der Waals surface area contributed by atoms with E-state index >= 15 is 0 Å². The molecule has 4 nitrogen and oxygen atoms in total. The van der Waals surface area contributed by atoms with Gasteiger partial charge in [-0.15, -0.1) is 0 Å². The molecule has 0 saturated carbocycles. The zero-order chi connectivity index (χ0) is 12.2. The Morgan fingerprint density at radius 1 is 1.47 bits per heavy atom. The third kappa shape index (κ3) is 4.18. The number of aliphatic carboxylic acids is 1. The van der Waals surface area contributed by atoms with Crippen molar-refractivity contribution in [1.29, 1.82) is 0 Å². The number of hydrogen-bond acceptors (Lipinski definition) is 3. The van der Waals surface area contributed by atoms with Crippen molar-refractivity contribution in [2.45, 2.75) is 46.2 Å². The first kappa shape index (κ1) is 14.4. The summed E-state index contributed by atoms with van der Waals surface area (Å²) in [5.74, 6) is -0.793. The molecule has 0 bridgehead atoms. The van der Waals surface area contributed by atoms with E-state index in [9.17, 15) is 4.79 Å². The third-order valence-electron chi connectivity index (χ3n) is 3.08. The van der Waals surface area contributed by atoms with Gasteiger partial charge in [-0.2, -0.15) is 0 Å². The molecule has 0 fully saturated rings. The largest absolute Gasteiger partial charge is 0.480 e.